The van der Waals surface area contributed by atoms with Crippen LogP contribution in [0.15, 0.2) is 66.7 Å². The molecular formula is C30H38O4. The Hall–Kier alpha value is -2.82. The van der Waals surface area contributed by atoms with E-state index in [2.05, 4.69) is 68.4 Å². The zero-order valence-corrected chi connectivity index (χ0v) is 20.5. The number of ether oxygens (including phenoxy) is 2. The quantitative estimate of drug-likeness (QED) is 0.258. The normalized spacial score (nSPS) is 11.9. The van der Waals surface area contributed by atoms with E-state index in [1.54, 1.807) is 0 Å². The zero-order chi connectivity index (χ0) is 24.2. The fourth-order valence-corrected chi connectivity index (χ4v) is 4.01. The number of aliphatic hydroxyl groups is 2. The Morgan fingerprint density at radius 1 is 0.676 bits per heavy atom. The van der Waals surface area contributed by atoms with Gasteiger partial charge in [-0.05, 0) is 64.4 Å². The highest BCUT2D eigenvalue weighted by Crippen LogP contribution is 2.35. The molecule has 34 heavy (non-hydrogen) atoms. The lowest BCUT2D eigenvalue weighted by molar-refractivity contribution is 0.232. The largest absolute Gasteiger partial charge is 0.494 e. The molecule has 0 aromatic heterocycles. The van der Waals surface area contributed by atoms with E-state index in [-0.39, 0.29) is 13.2 Å². The van der Waals surface area contributed by atoms with E-state index in [0.717, 1.165) is 29.0 Å². The Labute approximate surface area is 204 Å². The molecule has 0 aliphatic heterocycles. The topological polar surface area (TPSA) is 58.9 Å². The van der Waals surface area contributed by atoms with Crippen LogP contribution in [-0.2, 0) is 0 Å². The molecule has 4 heteroatoms. The van der Waals surface area contributed by atoms with Crippen LogP contribution >= 0.6 is 0 Å². The molecule has 3 aromatic carbocycles. The molecule has 3 aromatic rings. The third-order valence-corrected chi connectivity index (χ3v) is 6.07. The summed E-state index contributed by atoms with van der Waals surface area (Å²) < 4.78 is 11.6. The first-order chi connectivity index (χ1) is 16.7. The van der Waals surface area contributed by atoms with Crippen molar-refractivity contribution in [3.8, 4) is 33.8 Å². The van der Waals surface area contributed by atoms with Crippen molar-refractivity contribution in [3.63, 3.8) is 0 Å². The lowest BCUT2D eigenvalue weighted by Crippen LogP contribution is -2.04. The third kappa shape index (κ3) is 7.34. The third-order valence-electron chi connectivity index (χ3n) is 6.07. The maximum atomic E-state index is 9.10. The van der Waals surface area contributed by atoms with Crippen LogP contribution in [0.1, 0.15) is 57.4 Å². The van der Waals surface area contributed by atoms with Gasteiger partial charge in [0.05, 0.1) is 13.2 Å². The van der Waals surface area contributed by atoms with Crippen LogP contribution < -0.4 is 9.47 Å². The lowest BCUT2D eigenvalue weighted by atomic mass is 9.91. The van der Waals surface area contributed by atoms with Crippen molar-refractivity contribution >= 4 is 0 Å². The average Bonchev–Trinajstić information content (AvgIpc) is 2.88. The fourth-order valence-electron chi connectivity index (χ4n) is 4.01. The minimum Gasteiger partial charge on any atom is -0.494 e. The van der Waals surface area contributed by atoms with E-state index < -0.39 is 0 Å². The summed E-state index contributed by atoms with van der Waals surface area (Å²) in [5.41, 5.74) is 5.91. The van der Waals surface area contributed by atoms with Gasteiger partial charge in [-0.2, -0.15) is 0 Å². The summed E-state index contributed by atoms with van der Waals surface area (Å²) >= 11 is 0. The summed E-state index contributed by atoms with van der Waals surface area (Å²) in [5, 5.41) is 18.0. The molecular weight excluding hydrogens is 424 g/mol. The molecule has 3 rings (SSSR count). The van der Waals surface area contributed by atoms with Crippen LogP contribution in [0.2, 0.25) is 0 Å². The van der Waals surface area contributed by atoms with E-state index in [4.69, 9.17) is 19.7 Å². The Bertz CT molecular complexity index is 980. The highest BCUT2D eigenvalue weighted by atomic mass is 16.5. The molecule has 0 amide bonds. The van der Waals surface area contributed by atoms with Gasteiger partial charge in [-0.3, -0.25) is 0 Å². The van der Waals surface area contributed by atoms with Crippen molar-refractivity contribution in [2.24, 2.45) is 0 Å². The Morgan fingerprint density at radius 2 is 1.21 bits per heavy atom. The smallest absolute Gasteiger partial charge is 0.122 e. The van der Waals surface area contributed by atoms with Gasteiger partial charge in [0.2, 0.25) is 0 Å². The highest BCUT2D eigenvalue weighted by molar-refractivity contribution is 5.71. The van der Waals surface area contributed by atoms with Crippen molar-refractivity contribution in [2.75, 3.05) is 26.4 Å². The standard InChI is InChI=1S/C30H38O4/c1-3-4-7-23(2)29-22-27(14-17-30(29)34-21-6-19-32)26-10-8-24(9-11-26)25-12-15-28(16-13-25)33-20-5-18-31/h8-17,22-23,31-32H,3-7,18-21H2,1-2H3. The Morgan fingerprint density at radius 3 is 1.79 bits per heavy atom. The second-order valence-corrected chi connectivity index (χ2v) is 8.75. The first kappa shape index (κ1) is 25.8. The van der Waals surface area contributed by atoms with Crippen molar-refractivity contribution in [1.29, 1.82) is 0 Å². The summed E-state index contributed by atoms with van der Waals surface area (Å²) in [6.45, 7) is 5.83. The minimum absolute atomic E-state index is 0.142. The first-order valence-corrected chi connectivity index (χ1v) is 12.5. The maximum Gasteiger partial charge on any atom is 0.122 e. The van der Waals surface area contributed by atoms with Gasteiger partial charge in [-0.15, -0.1) is 0 Å². The molecule has 1 unspecified atom stereocenters. The van der Waals surface area contributed by atoms with Crippen molar-refractivity contribution in [1.82, 2.24) is 0 Å². The van der Waals surface area contributed by atoms with Gasteiger partial charge in [-0.25, -0.2) is 0 Å². The van der Waals surface area contributed by atoms with Crippen LogP contribution in [0.25, 0.3) is 22.3 Å². The van der Waals surface area contributed by atoms with E-state index in [1.807, 2.05) is 12.1 Å². The van der Waals surface area contributed by atoms with Gasteiger partial charge in [0.1, 0.15) is 11.5 Å². The molecule has 4 nitrogen and oxygen atoms in total. The number of rotatable bonds is 14. The summed E-state index contributed by atoms with van der Waals surface area (Å²) in [6, 6.07) is 23.2. The van der Waals surface area contributed by atoms with Crippen molar-refractivity contribution in [3.05, 3.63) is 72.3 Å². The zero-order valence-electron chi connectivity index (χ0n) is 20.5. The van der Waals surface area contributed by atoms with Gasteiger partial charge < -0.3 is 19.7 Å². The summed E-state index contributed by atoms with van der Waals surface area (Å²) in [5.74, 6) is 2.17. The molecule has 0 aliphatic carbocycles. The van der Waals surface area contributed by atoms with E-state index in [1.165, 1.54) is 29.5 Å². The number of benzene rings is 3. The van der Waals surface area contributed by atoms with Gasteiger partial charge >= 0.3 is 0 Å². The summed E-state index contributed by atoms with van der Waals surface area (Å²) in [7, 11) is 0. The predicted octanol–water partition coefficient (Wildman–Crippen LogP) is 6.84. The van der Waals surface area contributed by atoms with Crippen LogP contribution in [0.3, 0.4) is 0 Å². The van der Waals surface area contributed by atoms with Gasteiger partial charge in [0.25, 0.3) is 0 Å². The number of aliphatic hydroxyl groups excluding tert-OH is 2. The highest BCUT2D eigenvalue weighted by Gasteiger charge is 2.14. The van der Waals surface area contributed by atoms with E-state index >= 15 is 0 Å². The van der Waals surface area contributed by atoms with E-state index in [9.17, 15) is 0 Å². The maximum absolute atomic E-state index is 9.10. The predicted molar refractivity (Wildman–Crippen MR) is 140 cm³/mol. The molecule has 0 radical (unpaired) electrons. The lowest BCUT2D eigenvalue weighted by Gasteiger charge is -2.18. The van der Waals surface area contributed by atoms with Crippen LogP contribution in [0, 0.1) is 0 Å². The second kappa shape index (κ2) is 13.8. The van der Waals surface area contributed by atoms with Gasteiger partial charge in [0.15, 0.2) is 0 Å². The van der Waals surface area contributed by atoms with Gasteiger partial charge in [0, 0.05) is 26.1 Å². The average molecular weight is 463 g/mol. The molecule has 2 N–H and O–H groups in total. The molecule has 0 heterocycles. The molecule has 0 aliphatic rings. The molecule has 0 saturated heterocycles. The van der Waals surface area contributed by atoms with Crippen LogP contribution in [0.4, 0.5) is 0 Å². The molecule has 182 valence electrons. The van der Waals surface area contributed by atoms with Crippen LogP contribution in [0.5, 0.6) is 11.5 Å². The summed E-state index contributed by atoms with van der Waals surface area (Å²) in [4.78, 5) is 0. The Balaban J connectivity index is 1.77. The van der Waals surface area contributed by atoms with Crippen molar-refractivity contribution in [2.45, 2.75) is 51.9 Å². The Kier molecular flexibility index (Phi) is 10.5. The van der Waals surface area contributed by atoms with Gasteiger partial charge in [-0.1, -0.05) is 69.2 Å². The summed E-state index contributed by atoms with van der Waals surface area (Å²) in [6.07, 6.45) is 4.79. The molecule has 0 saturated carbocycles. The second-order valence-electron chi connectivity index (χ2n) is 8.75. The minimum atomic E-state index is 0.142. The number of unbranched alkanes of at least 4 members (excludes halogenated alkanes) is 1. The van der Waals surface area contributed by atoms with Crippen molar-refractivity contribution < 1.29 is 19.7 Å². The SMILES string of the molecule is CCCCC(C)c1cc(-c2ccc(-c3ccc(OCCCO)cc3)cc2)ccc1OCCCO. The fraction of sp³-hybridized carbons (Fsp3) is 0.400. The monoisotopic (exact) mass is 462 g/mol. The molecule has 0 fully saturated rings. The number of hydrogen-bond donors (Lipinski definition) is 2. The van der Waals surface area contributed by atoms with Crippen LogP contribution in [-0.4, -0.2) is 36.6 Å². The number of hydrogen-bond acceptors (Lipinski definition) is 4. The van der Waals surface area contributed by atoms with E-state index in [0.29, 0.717) is 32.0 Å². The molecule has 0 bridgehead atoms. The molecule has 0 spiro atoms. The molecule has 1 atom stereocenters. The first-order valence-electron chi connectivity index (χ1n) is 12.5.